The fourth-order valence-corrected chi connectivity index (χ4v) is 4.67. The topological polar surface area (TPSA) is 90.1 Å². The van der Waals surface area contributed by atoms with E-state index in [-0.39, 0.29) is 21.9 Å². The minimum atomic E-state index is -3.55. The number of imidazole rings is 1. The van der Waals surface area contributed by atoms with Crippen LogP contribution in [0.2, 0.25) is 0 Å². The summed E-state index contributed by atoms with van der Waals surface area (Å²) in [5, 5.41) is 0.0849. The summed E-state index contributed by atoms with van der Waals surface area (Å²) in [7, 11) is -1.80. The van der Waals surface area contributed by atoms with Crippen molar-refractivity contribution in [1.82, 2.24) is 23.4 Å². The minimum absolute atomic E-state index is 0.0570. The van der Waals surface area contributed by atoms with Crippen LogP contribution >= 0.6 is 0 Å². The van der Waals surface area contributed by atoms with Crippen molar-refractivity contribution < 1.29 is 8.42 Å². The van der Waals surface area contributed by atoms with Crippen molar-refractivity contribution in [3.63, 3.8) is 0 Å². The highest BCUT2D eigenvalue weighted by Gasteiger charge is 2.31. The lowest BCUT2D eigenvalue weighted by Crippen LogP contribution is -2.40. The van der Waals surface area contributed by atoms with E-state index in [2.05, 4.69) is 9.97 Å². The van der Waals surface area contributed by atoms with Crippen LogP contribution < -0.4 is 5.56 Å². The molecule has 9 heteroatoms. The van der Waals surface area contributed by atoms with Crippen LogP contribution in [-0.4, -0.2) is 44.9 Å². The number of aromatic nitrogens is 4. The third kappa shape index (κ3) is 4.30. The van der Waals surface area contributed by atoms with E-state index in [1.54, 1.807) is 28.6 Å². The van der Waals surface area contributed by atoms with E-state index in [1.165, 1.54) is 16.8 Å². The van der Waals surface area contributed by atoms with Gasteiger partial charge in [-0.25, -0.2) is 18.4 Å². The van der Waals surface area contributed by atoms with Crippen molar-refractivity contribution in [2.75, 3.05) is 13.1 Å². The zero-order chi connectivity index (χ0) is 19.8. The van der Waals surface area contributed by atoms with Crippen LogP contribution in [0.1, 0.15) is 39.3 Å². The van der Waals surface area contributed by atoms with Crippen LogP contribution in [0, 0.1) is 5.92 Å². The SMILES string of the molecule is Cn1cnc(S(=O)(=O)N2CCC(Cn3cnc(C(C)(C)C)cc3=O)CC2)c1. The van der Waals surface area contributed by atoms with E-state index in [1.807, 2.05) is 20.8 Å². The van der Waals surface area contributed by atoms with Gasteiger partial charge in [0.2, 0.25) is 0 Å². The second kappa shape index (κ2) is 7.20. The lowest BCUT2D eigenvalue weighted by atomic mass is 9.92. The van der Waals surface area contributed by atoms with Crippen molar-refractivity contribution >= 4 is 10.0 Å². The predicted octanol–water partition coefficient (Wildman–Crippen LogP) is 1.38. The van der Waals surface area contributed by atoms with E-state index >= 15 is 0 Å². The van der Waals surface area contributed by atoms with Crippen molar-refractivity contribution in [1.29, 1.82) is 0 Å². The van der Waals surface area contributed by atoms with Gasteiger partial charge in [-0.15, -0.1) is 0 Å². The Morgan fingerprint density at radius 3 is 2.33 bits per heavy atom. The summed E-state index contributed by atoms with van der Waals surface area (Å²) in [5.74, 6) is 0.250. The molecule has 148 valence electrons. The Kier molecular flexibility index (Phi) is 5.27. The highest BCUT2D eigenvalue weighted by atomic mass is 32.2. The molecule has 3 rings (SSSR count). The summed E-state index contributed by atoms with van der Waals surface area (Å²) < 4.78 is 30.0. The predicted molar refractivity (Wildman–Crippen MR) is 102 cm³/mol. The van der Waals surface area contributed by atoms with E-state index in [9.17, 15) is 13.2 Å². The van der Waals surface area contributed by atoms with Crippen molar-refractivity contribution in [2.24, 2.45) is 13.0 Å². The van der Waals surface area contributed by atoms with Crippen LogP contribution in [0.25, 0.3) is 0 Å². The molecule has 1 saturated heterocycles. The Balaban J connectivity index is 1.64. The van der Waals surface area contributed by atoms with E-state index < -0.39 is 10.0 Å². The number of rotatable bonds is 4. The van der Waals surface area contributed by atoms with Gasteiger partial charge in [0, 0.05) is 44.4 Å². The van der Waals surface area contributed by atoms with Gasteiger partial charge < -0.3 is 4.57 Å². The number of sulfonamides is 1. The molecular weight excluding hydrogens is 366 g/mol. The quantitative estimate of drug-likeness (QED) is 0.783. The molecule has 2 aromatic heterocycles. The molecule has 0 saturated carbocycles. The molecule has 8 nitrogen and oxygen atoms in total. The summed E-state index contributed by atoms with van der Waals surface area (Å²) in [6, 6.07) is 1.60. The van der Waals surface area contributed by atoms with Crippen molar-refractivity contribution in [3.8, 4) is 0 Å². The maximum Gasteiger partial charge on any atom is 0.262 e. The first-order valence-electron chi connectivity index (χ1n) is 9.12. The monoisotopic (exact) mass is 393 g/mol. The summed E-state index contributed by atoms with van der Waals surface area (Å²) >= 11 is 0. The zero-order valence-electron chi connectivity index (χ0n) is 16.3. The Morgan fingerprint density at radius 1 is 1.15 bits per heavy atom. The van der Waals surface area contributed by atoms with E-state index in [4.69, 9.17) is 0 Å². The number of aryl methyl sites for hydroxylation is 1. The maximum absolute atomic E-state index is 12.6. The standard InChI is InChI=1S/C18H27N5O3S/c1-18(2,3)15-9-17(24)22(13-19-15)10-14-5-7-23(8-6-14)27(25,26)16-11-21(4)12-20-16/h9,11-14H,5-8,10H2,1-4H3. The molecule has 1 aliphatic heterocycles. The van der Waals surface area contributed by atoms with Gasteiger partial charge in [-0.05, 0) is 18.8 Å². The summed E-state index contributed by atoms with van der Waals surface area (Å²) in [5.41, 5.74) is 0.558. The first-order chi connectivity index (χ1) is 12.6. The molecular formula is C18H27N5O3S. The summed E-state index contributed by atoms with van der Waals surface area (Å²) in [6.45, 7) is 7.51. The fourth-order valence-electron chi connectivity index (χ4n) is 3.24. The molecule has 2 aromatic rings. The minimum Gasteiger partial charge on any atom is -0.339 e. The third-order valence-corrected chi connectivity index (χ3v) is 6.75. The number of piperidine rings is 1. The van der Waals surface area contributed by atoms with Crippen molar-refractivity contribution in [3.05, 3.63) is 41.0 Å². The molecule has 0 radical (unpaired) electrons. The Labute approximate surface area is 159 Å². The highest BCUT2D eigenvalue weighted by molar-refractivity contribution is 7.89. The molecule has 0 unspecified atom stereocenters. The van der Waals surface area contributed by atoms with Gasteiger partial charge in [0.25, 0.3) is 15.6 Å². The van der Waals surface area contributed by atoms with Gasteiger partial charge in [0.05, 0.1) is 18.3 Å². The average molecular weight is 394 g/mol. The van der Waals surface area contributed by atoms with Crippen LogP contribution in [0.4, 0.5) is 0 Å². The number of nitrogens with zero attached hydrogens (tertiary/aromatic N) is 5. The molecule has 0 atom stereocenters. The highest BCUT2D eigenvalue weighted by Crippen LogP contribution is 2.24. The smallest absolute Gasteiger partial charge is 0.262 e. The van der Waals surface area contributed by atoms with Gasteiger partial charge in [0.1, 0.15) is 0 Å². The fraction of sp³-hybridized carbons (Fsp3) is 0.611. The van der Waals surface area contributed by atoms with Crippen LogP contribution in [0.3, 0.4) is 0 Å². The molecule has 0 aromatic carbocycles. The molecule has 1 fully saturated rings. The molecule has 0 amide bonds. The lowest BCUT2D eigenvalue weighted by molar-refractivity contribution is 0.250. The molecule has 0 N–H and O–H groups in total. The first-order valence-corrected chi connectivity index (χ1v) is 10.6. The van der Waals surface area contributed by atoms with Gasteiger partial charge in [-0.1, -0.05) is 20.8 Å². The van der Waals surface area contributed by atoms with Crippen LogP contribution in [0.15, 0.2) is 34.7 Å². The molecule has 0 aliphatic carbocycles. The van der Waals surface area contributed by atoms with Crippen LogP contribution in [0.5, 0.6) is 0 Å². The van der Waals surface area contributed by atoms with Gasteiger partial charge in [-0.3, -0.25) is 9.36 Å². The molecule has 27 heavy (non-hydrogen) atoms. The van der Waals surface area contributed by atoms with Gasteiger partial charge in [0.15, 0.2) is 5.03 Å². The summed E-state index contributed by atoms with van der Waals surface area (Å²) in [6.07, 6.45) is 6.03. The Bertz CT molecular complexity index is 963. The number of hydrogen-bond acceptors (Lipinski definition) is 5. The second-order valence-electron chi connectivity index (χ2n) is 8.24. The third-order valence-electron chi connectivity index (χ3n) is 4.96. The first kappa shape index (κ1) is 19.8. The molecule has 0 bridgehead atoms. The molecule has 1 aliphatic rings. The number of hydrogen-bond donors (Lipinski definition) is 0. The van der Waals surface area contributed by atoms with Gasteiger partial charge in [-0.2, -0.15) is 4.31 Å². The van der Waals surface area contributed by atoms with E-state index in [0.717, 1.165) is 5.69 Å². The maximum atomic E-state index is 12.6. The average Bonchev–Trinajstić information content (AvgIpc) is 3.03. The Hall–Kier alpha value is -2.00. The largest absolute Gasteiger partial charge is 0.339 e. The summed E-state index contributed by atoms with van der Waals surface area (Å²) in [4.78, 5) is 20.8. The van der Waals surface area contributed by atoms with Crippen molar-refractivity contribution in [2.45, 2.75) is 50.6 Å². The second-order valence-corrected chi connectivity index (χ2v) is 10.1. The van der Waals surface area contributed by atoms with Crippen LogP contribution in [-0.2, 0) is 29.0 Å². The lowest BCUT2D eigenvalue weighted by Gasteiger charge is -2.30. The van der Waals surface area contributed by atoms with E-state index in [0.29, 0.717) is 32.5 Å². The Morgan fingerprint density at radius 2 is 1.81 bits per heavy atom. The normalized spacial score (nSPS) is 17.3. The molecule has 3 heterocycles. The van der Waals surface area contributed by atoms with Gasteiger partial charge >= 0.3 is 0 Å². The molecule has 0 spiro atoms. The zero-order valence-corrected chi connectivity index (χ0v) is 17.1.